The van der Waals surface area contributed by atoms with Crippen molar-refractivity contribution in [1.29, 1.82) is 0 Å². The third-order valence-corrected chi connectivity index (χ3v) is 8.41. The Morgan fingerprint density at radius 1 is 1.00 bits per heavy atom. The van der Waals surface area contributed by atoms with E-state index in [1.165, 1.54) is 29.7 Å². The Kier molecular flexibility index (Phi) is 2.64. The van der Waals surface area contributed by atoms with Gasteiger partial charge in [-0.25, -0.2) is 0 Å². The van der Waals surface area contributed by atoms with Gasteiger partial charge in [-0.15, -0.1) is 11.8 Å². The molecule has 0 aromatic heterocycles. The zero-order valence-corrected chi connectivity index (χ0v) is 14.1. The lowest BCUT2D eigenvalue weighted by atomic mass is 9.72. The van der Waals surface area contributed by atoms with E-state index < -0.39 is 0 Å². The van der Waals surface area contributed by atoms with Crippen LogP contribution in [0.25, 0.3) is 0 Å². The Morgan fingerprint density at radius 2 is 1.60 bits per heavy atom. The summed E-state index contributed by atoms with van der Waals surface area (Å²) in [5, 5.41) is 1.08. The average molecular weight is 304 g/mol. The first-order chi connectivity index (χ1) is 9.49. The van der Waals surface area contributed by atoms with Gasteiger partial charge in [0.15, 0.2) is 5.09 Å². The van der Waals surface area contributed by atoms with E-state index in [2.05, 4.69) is 32.9 Å². The molecule has 0 saturated heterocycles. The fraction of sp³-hybridized carbons (Fsp3) is 0.529. The molecule has 1 saturated carbocycles. The standard InChI is InChI=1S/C17H20OS2/c1-10-8-13-11-6-5-7-12(11)14-9-15(18-4)20-17(14,3)16(13,2)19-10/h8-9H,5-7H2,1-4H3. The first-order valence-electron chi connectivity index (χ1n) is 7.29. The predicted octanol–water partition coefficient (Wildman–Crippen LogP) is 5.18. The van der Waals surface area contributed by atoms with Crippen LogP contribution in [0.3, 0.4) is 0 Å². The largest absolute Gasteiger partial charge is 0.490 e. The van der Waals surface area contributed by atoms with E-state index in [0.717, 1.165) is 5.09 Å². The van der Waals surface area contributed by atoms with Crippen molar-refractivity contribution >= 4 is 23.5 Å². The smallest absolute Gasteiger partial charge is 0.154 e. The topological polar surface area (TPSA) is 9.23 Å². The summed E-state index contributed by atoms with van der Waals surface area (Å²) in [6, 6.07) is 0. The maximum atomic E-state index is 5.58. The number of rotatable bonds is 1. The molecule has 0 aromatic rings. The lowest BCUT2D eigenvalue weighted by Gasteiger charge is -2.46. The monoisotopic (exact) mass is 304 g/mol. The van der Waals surface area contributed by atoms with Crippen molar-refractivity contribution in [2.45, 2.75) is 49.5 Å². The van der Waals surface area contributed by atoms with Gasteiger partial charge in [0.2, 0.25) is 0 Å². The van der Waals surface area contributed by atoms with Gasteiger partial charge in [-0.2, -0.15) is 0 Å². The van der Waals surface area contributed by atoms with Crippen molar-refractivity contribution in [2.75, 3.05) is 7.11 Å². The van der Waals surface area contributed by atoms with E-state index in [4.69, 9.17) is 4.74 Å². The number of methoxy groups -OCH3 is 1. The summed E-state index contributed by atoms with van der Waals surface area (Å²) >= 11 is 3.96. The molecule has 106 valence electrons. The third-order valence-electron chi connectivity index (χ3n) is 5.29. The molecule has 0 aromatic carbocycles. The normalized spacial score (nSPS) is 38.6. The molecule has 4 aliphatic rings. The predicted molar refractivity (Wildman–Crippen MR) is 88.7 cm³/mol. The highest BCUT2D eigenvalue weighted by Crippen LogP contribution is 2.68. The number of thioether (sulfide) groups is 2. The van der Waals surface area contributed by atoms with Crippen molar-refractivity contribution < 1.29 is 4.74 Å². The molecule has 0 radical (unpaired) electrons. The van der Waals surface area contributed by atoms with Gasteiger partial charge < -0.3 is 4.74 Å². The number of hydrogen-bond donors (Lipinski definition) is 0. The van der Waals surface area contributed by atoms with Gasteiger partial charge in [-0.1, -0.05) is 11.8 Å². The highest BCUT2D eigenvalue weighted by atomic mass is 32.2. The lowest BCUT2D eigenvalue weighted by molar-refractivity contribution is 0.325. The van der Waals surface area contributed by atoms with Crippen molar-refractivity contribution in [2.24, 2.45) is 0 Å². The molecule has 3 heteroatoms. The van der Waals surface area contributed by atoms with Gasteiger partial charge in [-0.05, 0) is 79.4 Å². The minimum Gasteiger partial charge on any atom is -0.490 e. The molecular weight excluding hydrogens is 284 g/mol. The molecule has 20 heavy (non-hydrogen) atoms. The van der Waals surface area contributed by atoms with Gasteiger partial charge in [-0.3, -0.25) is 0 Å². The highest BCUT2D eigenvalue weighted by Gasteiger charge is 2.59. The maximum Gasteiger partial charge on any atom is 0.154 e. The Morgan fingerprint density at radius 3 is 2.25 bits per heavy atom. The SMILES string of the molecule is COC1=CC2=C3CCCC3=C3C=C(C)SC3(C)C2(C)S1. The second-order valence-electron chi connectivity index (χ2n) is 6.33. The lowest BCUT2D eigenvalue weighted by Crippen LogP contribution is -2.47. The van der Waals surface area contributed by atoms with Crippen LogP contribution in [0.1, 0.15) is 40.0 Å². The van der Waals surface area contributed by atoms with Crippen LogP contribution in [0.4, 0.5) is 0 Å². The van der Waals surface area contributed by atoms with Crippen LogP contribution >= 0.6 is 23.5 Å². The van der Waals surface area contributed by atoms with E-state index in [1.54, 1.807) is 23.8 Å². The minimum atomic E-state index is 0.107. The molecule has 1 nitrogen and oxygen atoms in total. The fourth-order valence-corrected chi connectivity index (χ4v) is 7.11. The Balaban J connectivity index is 2.00. The minimum absolute atomic E-state index is 0.107. The fourth-order valence-electron chi connectivity index (χ4n) is 4.19. The molecular formula is C17H20OS2. The number of allylic oxidation sites excluding steroid dienone is 5. The molecule has 0 spiro atoms. The van der Waals surface area contributed by atoms with Crippen LogP contribution in [0, 0.1) is 0 Å². The number of fused-ring (bicyclic) bond motifs is 4. The van der Waals surface area contributed by atoms with Crippen LogP contribution < -0.4 is 0 Å². The average Bonchev–Trinajstić information content (AvgIpc) is 3.05. The molecule has 2 aliphatic carbocycles. The second kappa shape index (κ2) is 4.01. The summed E-state index contributed by atoms with van der Waals surface area (Å²) in [6.07, 6.45) is 8.55. The molecule has 0 N–H and O–H groups in total. The van der Waals surface area contributed by atoms with E-state index in [0.29, 0.717) is 0 Å². The zero-order chi connectivity index (χ0) is 14.1. The summed E-state index contributed by atoms with van der Waals surface area (Å²) in [6.45, 7) is 7.10. The summed E-state index contributed by atoms with van der Waals surface area (Å²) in [7, 11) is 1.79. The van der Waals surface area contributed by atoms with Gasteiger partial charge in [0.05, 0.1) is 16.6 Å². The molecule has 0 amide bonds. The quantitative estimate of drug-likeness (QED) is 0.660. The van der Waals surface area contributed by atoms with Crippen molar-refractivity contribution in [3.05, 3.63) is 44.4 Å². The van der Waals surface area contributed by atoms with Crippen LogP contribution in [0.15, 0.2) is 44.4 Å². The molecule has 2 aliphatic heterocycles. The third kappa shape index (κ3) is 1.38. The first-order valence-corrected chi connectivity index (χ1v) is 8.92. The summed E-state index contributed by atoms with van der Waals surface area (Å²) in [5.41, 5.74) is 6.38. The molecule has 2 atom stereocenters. The summed E-state index contributed by atoms with van der Waals surface area (Å²) < 4.78 is 5.84. The van der Waals surface area contributed by atoms with Crippen LogP contribution in [0.2, 0.25) is 0 Å². The molecule has 2 heterocycles. The summed E-state index contributed by atoms with van der Waals surface area (Å²) in [4.78, 5) is 1.45. The van der Waals surface area contributed by atoms with Gasteiger partial charge >= 0.3 is 0 Å². The molecule has 2 unspecified atom stereocenters. The van der Waals surface area contributed by atoms with Crippen molar-refractivity contribution in [3.8, 4) is 0 Å². The highest BCUT2D eigenvalue weighted by molar-refractivity contribution is 8.09. The van der Waals surface area contributed by atoms with Crippen LogP contribution in [-0.4, -0.2) is 16.6 Å². The van der Waals surface area contributed by atoms with Crippen LogP contribution in [-0.2, 0) is 4.74 Å². The number of ether oxygens (including phenoxy) is 1. The van der Waals surface area contributed by atoms with E-state index >= 15 is 0 Å². The molecule has 4 rings (SSSR count). The van der Waals surface area contributed by atoms with E-state index in [9.17, 15) is 0 Å². The second-order valence-corrected chi connectivity index (χ2v) is 9.42. The van der Waals surface area contributed by atoms with Crippen molar-refractivity contribution in [3.63, 3.8) is 0 Å². The number of hydrogen-bond acceptors (Lipinski definition) is 3. The molecule has 0 bridgehead atoms. The maximum absolute atomic E-state index is 5.58. The Hall–Kier alpha value is -0.540. The van der Waals surface area contributed by atoms with Gasteiger partial charge in [0.25, 0.3) is 0 Å². The molecule has 1 fully saturated rings. The summed E-state index contributed by atoms with van der Waals surface area (Å²) in [5.74, 6) is 0. The van der Waals surface area contributed by atoms with Crippen LogP contribution in [0.5, 0.6) is 0 Å². The van der Waals surface area contributed by atoms with E-state index in [1.807, 2.05) is 23.5 Å². The Bertz CT molecular complexity index is 637. The zero-order valence-electron chi connectivity index (χ0n) is 12.5. The Labute approximate surface area is 129 Å². The van der Waals surface area contributed by atoms with Gasteiger partial charge in [0, 0.05) is 0 Å². The first kappa shape index (κ1) is 13.1. The van der Waals surface area contributed by atoms with Crippen molar-refractivity contribution in [1.82, 2.24) is 0 Å². The van der Waals surface area contributed by atoms with Gasteiger partial charge in [0.1, 0.15) is 0 Å². The van der Waals surface area contributed by atoms with E-state index in [-0.39, 0.29) is 9.49 Å².